The van der Waals surface area contributed by atoms with Gasteiger partial charge in [-0.25, -0.2) is 0 Å². The summed E-state index contributed by atoms with van der Waals surface area (Å²) in [6.07, 6.45) is 3.38. The Morgan fingerprint density at radius 3 is 2.52 bits per heavy atom. The molecule has 1 fully saturated rings. The van der Waals surface area contributed by atoms with Crippen molar-refractivity contribution in [2.45, 2.75) is 6.54 Å². The van der Waals surface area contributed by atoms with E-state index in [-0.39, 0.29) is 18.0 Å². The van der Waals surface area contributed by atoms with E-state index in [0.717, 1.165) is 10.9 Å². The monoisotopic (exact) mass is 414 g/mol. The molecule has 0 spiro atoms. The fraction of sp³-hybridized carbons (Fsp3) is 0.208. The van der Waals surface area contributed by atoms with Gasteiger partial charge in [-0.05, 0) is 24.3 Å². The predicted molar refractivity (Wildman–Crippen MR) is 118 cm³/mol. The number of amides is 2. The third kappa shape index (κ3) is 4.65. The Hall–Kier alpha value is -3.89. The van der Waals surface area contributed by atoms with Gasteiger partial charge in [-0.2, -0.15) is 5.26 Å². The Morgan fingerprint density at radius 2 is 1.77 bits per heavy atom. The van der Waals surface area contributed by atoms with E-state index in [1.165, 1.54) is 0 Å². The number of nitrogens with zero attached hydrogens (tertiary/aromatic N) is 3. The van der Waals surface area contributed by atoms with Crippen LogP contribution in [0.1, 0.15) is 5.56 Å². The highest BCUT2D eigenvalue weighted by molar-refractivity contribution is 6.10. The zero-order valence-electron chi connectivity index (χ0n) is 17.0. The number of nitriles is 1. The van der Waals surface area contributed by atoms with Crippen molar-refractivity contribution in [1.82, 2.24) is 9.47 Å². The van der Waals surface area contributed by atoms with E-state index in [1.807, 2.05) is 59.3 Å². The topological polar surface area (TPSA) is 87.4 Å². The lowest BCUT2D eigenvalue weighted by molar-refractivity contribution is -0.135. The summed E-state index contributed by atoms with van der Waals surface area (Å²) in [5, 5.41) is 13.2. The van der Waals surface area contributed by atoms with Crippen LogP contribution in [0.15, 0.2) is 66.4 Å². The first-order chi connectivity index (χ1) is 15.2. The summed E-state index contributed by atoms with van der Waals surface area (Å²) in [5.41, 5.74) is 2.19. The molecule has 7 nitrogen and oxygen atoms in total. The molecule has 0 bridgehead atoms. The average Bonchev–Trinajstić information content (AvgIpc) is 3.15. The Morgan fingerprint density at radius 1 is 1.06 bits per heavy atom. The van der Waals surface area contributed by atoms with Gasteiger partial charge in [-0.15, -0.1) is 0 Å². The Labute approximate surface area is 180 Å². The first-order valence-corrected chi connectivity index (χ1v) is 10.1. The number of ether oxygens (including phenoxy) is 1. The summed E-state index contributed by atoms with van der Waals surface area (Å²) in [7, 11) is 0. The van der Waals surface area contributed by atoms with Crippen LogP contribution in [0.3, 0.4) is 0 Å². The molecule has 1 aromatic heterocycles. The van der Waals surface area contributed by atoms with Crippen LogP contribution in [0.25, 0.3) is 17.0 Å². The van der Waals surface area contributed by atoms with Gasteiger partial charge in [-0.3, -0.25) is 9.59 Å². The maximum Gasteiger partial charge on any atom is 0.266 e. The van der Waals surface area contributed by atoms with Gasteiger partial charge in [0, 0.05) is 41.4 Å². The molecular formula is C24H22N4O3. The molecule has 1 aliphatic heterocycles. The second kappa shape index (κ2) is 9.28. The van der Waals surface area contributed by atoms with Gasteiger partial charge in [0.05, 0.1) is 13.2 Å². The molecule has 2 aromatic carbocycles. The van der Waals surface area contributed by atoms with Gasteiger partial charge in [0.15, 0.2) is 0 Å². The van der Waals surface area contributed by atoms with Gasteiger partial charge >= 0.3 is 0 Å². The van der Waals surface area contributed by atoms with Crippen LogP contribution in [0.5, 0.6) is 0 Å². The predicted octanol–water partition coefficient (Wildman–Crippen LogP) is 3.05. The van der Waals surface area contributed by atoms with E-state index < -0.39 is 5.91 Å². The lowest BCUT2D eigenvalue weighted by Crippen LogP contribution is -2.42. The van der Waals surface area contributed by atoms with Crippen molar-refractivity contribution in [3.05, 3.63) is 71.9 Å². The minimum Gasteiger partial charge on any atom is -0.378 e. The number of aromatic nitrogens is 1. The largest absolute Gasteiger partial charge is 0.378 e. The molecule has 0 aliphatic carbocycles. The van der Waals surface area contributed by atoms with Crippen LogP contribution in [-0.4, -0.2) is 47.6 Å². The Balaban J connectivity index is 1.61. The lowest BCUT2D eigenvalue weighted by atomic mass is 10.1. The number of hydrogen-bond acceptors (Lipinski definition) is 4. The van der Waals surface area contributed by atoms with Crippen molar-refractivity contribution in [1.29, 1.82) is 5.26 Å². The van der Waals surface area contributed by atoms with Crippen LogP contribution >= 0.6 is 0 Å². The molecule has 7 heteroatoms. The van der Waals surface area contributed by atoms with Crippen LogP contribution < -0.4 is 5.32 Å². The number of anilines is 1. The zero-order chi connectivity index (χ0) is 21.6. The number of rotatable bonds is 5. The highest BCUT2D eigenvalue weighted by atomic mass is 16.5. The van der Waals surface area contributed by atoms with Crippen LogP contribution in [0.4, 0.5) is 5.69 Å². The molecule has 2 heterocycles. The molecule has 2 amide bonds. The maximum atomic E-state index is 12.7. The van der Waals surface area contributed by atoms with Crippen molar-refractivity contribution in [2.75, 3.05) is 31.6 Å². The minimum atomic E-state index is -0.477. The third-order valence-corrected chi connectivity index (χ3v) is 5.19. The molecule has 0 unspecified atom stereocenters. The van der Waals surface area contributed by atoms with E-state index in [4.69, 9.17) is 4.74 Å². The van der Waals surface area contributed by atoms with Crippen molar-refractivity contribution in [3.63, 3.8) is 0 Å². The van der Waals surface area contributed by atoms with Crippen LogP contribution in [-0.2, 0) is 20.9 Å². The fourth-order valence-corrected chi connectivity index (χ4v) is 3.60. The number of benzene rings is 2. The Bertz CT molecular complexity index is 1170. The number of para-hydroxylation sites is 2. The zero-order valence-corrected chi connectivity index (χ0v) is 17.0. The summed E-state index contributed by atoms with van der Waals surface area (Å²) in [6, 6.07) is 18.6. The van der Waals surface area contributed by atoms with Gasteiger partial charge < -0.3 is 19.5 Å². The first-order valence-electron chi connectivity index (χ1n) is 10.1. The Kier molecular flexibility index (Phi) is 6.11. The first kappa shape index (κ1) is 20.4. The highest BCUT2D eigenvalue weighted by Gasteiger charge is 2.19. The summed E-state index contributed by atoms with van der Waals surface area (Å²) < 4.78 is 7.18. The smallest absolute Gasteiger partial charge is 0.266 e. The molecular weight excluding hydrogens is 392 g/mol. The third-order valence-electron chi connectivity index (χ3n) is 5.19. The average molecular weight is 414 g/mol. The van der Waals surface area contributed by atoms with Crippen LogP contribution in [0, 0.1) is 11.3 Å². The summed E-state index contributed by atoms with van der Waals surface area (Å²) in [5.74, 6) is -0.461. The van der Waals surface area contributed by atoms with Crippen molar-refractivity contribution in [2.24, 2.45) is 0 Å². The molecule has 31 heavy (non-hydrogen) atoms. The molecule has 0 atom stereocenters. The molecule has 1 aliphatic rings. The van der Waals surface area contributed by atoms with Gasteiger partial charge in [0.1, 0.15) is 18.2 Å². The molecule has 0 saturated carbocycles. The number of hydrogen-bond donors (Lipinski definition) is 1. The van der Waals surface area contributed by atoms with Gasteiger partial charge in [-0.1, -0.05) is 36.4 Å². The summed E-state index contributed by atoms with van der Waals surface area (Å²) >= 11 is 0. The molecule has 3 aromatic rings. The van der Waals surface area contributed by atoms with Crippen molar-refractivity contribution in [3.8, 4) is 6.07 Å². The normalized spacial score (nSPS) is 14.3. The summed E-state index contributed by atoms with van der Waals surface area (Å²) in [6.45, 7) is 2.46. The van der Waals surface area contributed by atoms with Gasteiger partial charge in [0.25, 0.3) is 5.91 Å². The summed E-state index contributed by atoms with van der Waals surface area (Å²) in [4.78, 5) is 27.1. The number of carbonyl (C=O) groups is 2. The van der Waals surface area contributed by atoms with E-state index in [9.17, 15) is 14.9 Å². The second-order valence-corrected chi connectivity index (χ2v) is 7.21. The quantitative estimate of drug-likeness (QED) is 0.514. The molecule has 4 rings (SSSR count). The second-order valence-electron chi connectivity index (χ2n) is 7.21. The van der Waals surface area contributed by atoms with E-state index in [2.05, 4.69) is 5.32 Å². The van der Waals surface area contributed by atoms with Gasteiger partial charge in [0.2, 0.25) is 5.91 Å². The number of fused-ring (bicyclic) bond motifs is 1. The van der Waals surface area contributed by atoms with Crippen molar-refractivity contribution >= 4 is 34.5 Å². The van der Waals surface area contributed by atoms with E-state index in [1.54, 1.807) is 23.1 Å². The van der Waals surface area contributed by atoms with E-state index >= 15 is 0 Å². The number of nitrogens with one attached hydrogen (secondary N) is 1. The molecule has 0 radical (unpaired) electrons. The lowest BCUT2D eigenvalue weighted by Gasteiger charge is -2.27. The minimum absolute atomic E-state index is 0.00809. The SMILES string of the molecule is N#C/C(=C\c1cn(CC(=O)N2CCOCC2)c2ccccc12)C(=O)Nc1ccccc1. The fourth-order valence-electron chi connectivity index (χ4n) is 3.60. The maximum absolute atomic E-state index is 12.7. The van der Waals surface area contributed by atoms with Crippen molar-refractivity contribution < 1.29 is 14.3 Å². The molecule has 1 saturated heterocycles. The molecule has 156 valence electrons. The molecule has 1 N–H and O–H groups in total. The standard InChI is InChI=1S/C24H22N4O3/c25-15-18(24(30)26-20-6-2-1-3-7-20)14-19-16-28(22-9-5-4-8-21(19)22)17-23(29)27-10-12-31-13-11-27/h1-9,14,16H,10-13,17H2,(H,26,30)/b18-14+. The van der Waals surface area contributed by atoms with Crippen LogP contribution in [0.2, 0.25) is 0 Å². The highest BCUT2D eigenvalue weighted by Crippen LogP contribution is 2.24. The number of morpholine rings is 1. The van der Waals surface area contributed by atoms with E-state index in [0.29, 0.717) is 37.6 Å². The number of carbonyl (C=O) groups excluding carboxylic acids is 2.